The number of nitrogens with zero attached hydrogens (tertiary/aromatic N) is 1. The second-order valence-corrected chi connectivity index (χ2v) is 9.13. The molecule has 0 saturated carbocycles. The zero-order valence-corrected chi connectivity index (χ0v) is 23.0. The zero-order valence-electron chi connectivity index (χ0n) is 22.2. The summed E-state index contributed by atoms with van der Waals surface area (Å²) in [6.45, 7) is 3.84. The lowest BCUT2D eigenvalue weighted by molar-refractivity contribution is -0.139. The topological polar surface area (TPSA) is 110 Å². The Hall–Kier alpha value is -4.70. The summed E-state index contributed by atoms with van der Waals surface area (Å²) in [5, 5.41) is 10.5. The summed E-state index contributed by atoms with van der Waals surface area (Å²) in [6.07, 6.45) is 1.52. The maximum Gasteiger partial charge on any atom is 0.338 e. The number of ether oxygens (including phenoxy) is 3. The van der Waals surface area contributed by atoms with Crippen LogP contribution in [0.5, 0.6) is 11.5 Å². The number of hydrazone groups is 1. The first-order chi connectivity index (χ1) is 19.5. The standard InChI is InChI=1S/C30H30N4O5S/c1-3-37-29(36)27-20(2)32-30(40)33-28(27)23-14-8-10-16-25(23)39-19-26(35)34-31-17-22-13-7-9-15-24(22)38-18-21-11-5-4-6-12-21/h4-17,28H,3,18-19H2,1-2H3,(H,34,35)(H2,32,33,40)/t28-/m0/s1. The minimum Gasteiger partial charge on any atom is -0.488 e. The lowest BCUT2D eigenvalue weighted by Gasteiger charge is -2.30. The molecule has 0 bridgehead atoms. The van der Waals surface area contributed by atoms with Gasteiger partial charge in [0.05, 0.1) is 24.4 Å². The first-order valence-electron chi connectivity index (χ1n) is 12.7. The molecule has 1 aliphatic rings. The Labute approximate surface area is 238 Å². The van der Waals surface area contributed by atoms with E-state index in [1.54, 1.807) is 32.0 Å². The van der Waals surface area contributed by atoms with Crippen LogP contribution in [0.2, 0.25) is 0 Å². The molecule has 1 aliphatic heterocycles. The van der Waals surface area contributed by atoms with Crippen molar-refractivity contribution in [1.29, 1.82) is 0 Å². The van der Waals surface area contributed by atoms with Gasteiger partial charge >= 0.3 is 5.97 Å². The van der Waals surface area contributed by atoms with Crippen LogP contribution in [0.15, 0.2) is 95.2 Å². The fraction of sp³-hybridized carbons (Fsp3) is 0.200. The van der Waals surface area contributed by atoms with Gasteiger partial charge in [-0.1, -0.05) is 60.7 Å². The largest absolute Gasteiger partial charge is 0.488 e. The van der Waals surface area contributed by atoms with Crippen LogP contribution in [-0.4, -0.2) is 36.4 Å². The number of carbonyl (C=O) groups excluding carboxylic acids is 2. The van der Waals surface area contributed by atoms with Crippen molar-refractivity contribution in [1.82, 2.24) is 16.1 Å². The first kappa shape index (κ1) is 28.3. The van der Waals surface area contributed by atoms with E-state index in [1.807, 2.05) is 60.7 Å². The third kappa shape index (κ3) is 7.45. The van der Waals surface area contributed by atoms with E-state index >= 15 is 0 Å². The number of allylic oxidation sites excluding steroid dienone is 1. The Morgan fingerprint density at radius 3 is 2.45 bits per heavy atom. The predicted molar refractivity (Wildman–Crippen MR) is 156 cm³/mol. The molecule has 1 heterocycles. The summed E-state index contributed by atoms with van der Waals surface area (Å²) in [7, 11) is 0. The molecular formula is C30H30N4O5S. The van der Waals surface area contributed by atoms with E-state index in [1.165, 1.54) is 6.21 Å². The number of carbonyl (C=O) groups is 2. The van der Waals surface area contributed by atoms with Crippen LogP contribution in [0.3, 0.4) is 0 Å². The Balaban J connectivity index is 1.39. The molecule has 40 heavy (non-hydrogen) atoms. The number of hydrogen-bond donors (Lipinski definition) is 3. The molecule has 0 spiro atoms. The number of benzene rings is 3. The third-order valence-corrected chi connectivity index (χ3v) is 6.12. The van der Waals surface area contributed by atoms with Gasteiger partial charge in [0.1, 0.15) is 18.1 Å². The van der Waals surface area contributed by atoms with Gasteiger partial charge in [-0.15, -0.1) is 0 Å². The molecule has 0 unspecified atom stereocenters. The SMILES string of the molecule is CCOC(=O)C1=C(C)NC(=S)N[C@H]1c1ccccc1OCC(=O)NN=Cc1ccccc1OCc1ccccc1. The average molecular weight is 559 g/mol. The van der Waals surface area contributed by atoms with Crippen molar-refractivity contribution in [3.05, 3.63) is 107 Å². The second-order valence-electron chi connectivity index (χ2n) is 8.72. The Morgan fingerprint density at radius 2 is 1.68 bits per heavy atom. The fourth-order valence-corrected chi connectivity index (χ4v) is 4.33. The highest BCUT2D eigenvalue weighted by Gasteiger charge is 2.32. The number of amides is 1. The van der Waals surface area contributed by atoms with Gasteiger partial charge in [-0.3, -0.25) is 4.79 Å². The summed E-state index contributed by atoms with van der Waals surface area (Å²) >= 11 is 5.31. The summed E-state index contributed by atoms with van der Waals surface area (Å²) in [4.78, 5) is 25.3. The van der Waals surface area contributed by atoms with Crippen molar-refractivity contribution in [2.45, 2.75) is 26.5 Å². The molecule has 0 radical (unpaired) electrons. The Bertz CT molecular complexity index is 1420. The van der Waals surface area contributed by atoms with Crippen molar-refractivity contribution < 1.29 is 23.8 Å². The minimum atomic E-state index is -0.613. The van der Waals surface area contributed by atoms with Crippen molar-refractivity contribution in [3.8, 4) is 11.5 Å². The zero-order chi connectivity index (χ0) is 28.3. The van der Waals surface area contributed by atoms with E-state index in [2.05, 4.69) is 21.2 Å². The highest BCUT2D eigenvalue weighted by atomic mass is 32.1. The maximum atomic E-state index is 12.7. The average Bonchev–Trinajstić information content (AvgIpc) is 2.96. The van der Waals surface area contributed by atoms with Crippen LogP contribution < -0.4 is 25.5 Å². The molecule has 1 atom stereocenters. The molecule has 4 rings (SSSR count). The fourth-order valence-electron chi connectivity index (χ4n) is 4.06. The minimum absolute atomic E-state index is 0.231. The molecule has 3 aromatic carbocycles. The molecule has 206 valence electrons. The van der Waals surface area contributed by atoms with Gasteiger partial charge in [-0.2, -0.15) is 5.10 Å². The lowest BCUT2D eigenvalue weighted by atomic mass is 9.95. The third-order valence-electron chi connectivity index (χ3n) is 5.90. The van der Waals surface area contributed by atoms with Gasteiger partial charge in [0.15, 0.2) is 11.7 Å². The quantitative estimate of drug-likeness (QED) is 0.139. The van der Waals surface area contributed by atoms with E-state index in [0.717, 1.165) is 5.56 Å². The number of thiocarbonyl (C=S) groups is 1. The van der Waals surface area contributed by atoms with E-state index in [-0.39, 0.29) is 13.2 Å². The molecule has 0 aromatic heterocycles. The normalized spacial score (nSPS) is 14.8. The summed E-state index contributed by atoms with van der Waals surface area (Å²) in [5.41, 5.74) is 5.84. The van der Waals surface area contributed by atoms with Gasteiger partial charge in [0.25, 0.3) is 5.91 Å². The second kappa shape index (κ2) is 13.9. The summed E-state index contributed by atoms with van der Waals surface area (Å²) in [6, 6.07) is 23.7. The number of nitrogens with one attached hydrogen (secondary N) is 3. The molecule has 10 heteroatoms. The van der Waals surface area contributed by atoms with E-state index in [4.69, 9.17) is 26.4 Å². The monoisotopic (exact) mass is 558 g/mol. The van der Waals surface area contributed by atoms with Gasteiger partial charge in [0.2, 0.25) is 0 Å². The Kier molecular flexibility index (Phi) is 9.84. The predicted octanol–water partition coefficient (Wildman–Crippen LogP) is 4.15. The van der Waals surface area contributed by atoms with E-state index in [0.29, 0.717) is 45.6 Å². The van der Waals surface area contributed by atoms with Gasteiger partial charge in [0, 0.05) is 16.8 Å². The van der Waals surface area contributed by atoms with Crippen molar-refractivity contribution >= 4 is 35.4 Å². The molecule has 0 aliphatic carbocycles. The molecular weight excluding hydrogens is 528 g/mol. The van der Waals surface area contributed by atoms with Crippen LogP contribution in [0.25, 0.3) is 0 Å². The molecule has 3 aromatic rings. The number of esters is 1. The smallest absolute Gasteiger partial charge is 0.338 e. The van der Waals surface area contributed by atoms with Crippen LogP contribution in [-0.2, 0) is 20.9 Å². The maximum absolute atomic E-state index is 12.7. The van der Waals surface area contributed by atoms with E-state index < -0.39 is 17.9 Å². The van der Waals surface area contributed by atoms with Gasteiger partial charge < -0.3 is 24.8 Å². The highest BCUT2D eigenvalue weighted by Crippen LogP contribution is 2.33. The number of rotatable bonds is 11. The van der Waals surface area contributed by atoms with Gasteiger partial charge in [-0.25, -0.2) is 10.2 Å². The highest BCUT2D eigenvalue weighted by molar-refractivity contribution is 7.80. The van der Waals surface area contributed by atoms with Crippen LogP contribution in [0.1, 0.15) is 36.6 Å². The molecule has 0 fully saturated rings. The van der Waals surface area contributed by atoms with Crippen LogP contribution in [0.4, 0.5) is 0 Å². The molecule has 1 amide bonds. The van der Waals surface area contributed by atoms with E-state index in [9.17, 15) is 9.59 Å². The molecule has 0 saturated heterocycles. The van der Waals surface area contributed by atoms with Gasteiger partial charge in [-0.05, 0) is 49.8 Å². The summed E-state index contributed by atoms with van der Waals surface area (Å²) < 4.78 is 17.0. The van der Waals surface area contributed by atoms with Crippen molar-refractivity contribution in [2.24, 2.45) is 5.10 Å². The number of para-hydroxylation sites is 2. The molecule has 9 nitrogen and oxygen atoms in total. The van der Waals surface area contributed by atoms with Crippen LogP contribution in [0, 0.1) is 0 Å². The van der Waals surface area contributed by atoms with Crippen molar-refractivity contribution in [2.75, 3.05) is 13.2 Å². The van der Waals surface area contributed by atoms with Crippen LogP contribution >= 0.6 is 12.2 Å². The summed E-state index contributed by atoms with van der Waals surface area (Å²) in [5.74, 6) is 0.128. The van der Waals surface area contributed by atoms with Crippen molar-refractivity contribution in [3.63, 3.8) is 0 Å². The first-order valence-corrected chi connectivity index (χ1v) is 13.1. The molecule has 3 N–H and O–H groups in total. The Morgan fingerprint density at radius 1 is 0.975 bits per heavy atom. The number of hydrogen-bond acceptors (Lipinski definition) is 7. The lowest BCUT2D eigenvalue weighted by Crippen LogP contribution is -2.45.